The zero-order valence-electron chi connectivity index (χ0n) is 10.9. The Labute approximate surface area is 112 Å². The minimum Gasteiger partial charge on any atom is -0.444 e. The lowest BCUT2D eigenvalue weighted by Crippen LogP contribution is -2.52. The lowest BCUT2D eigenvalue weighted by molar-refractivity contribution is -0.125. The number of imide groups is 1. The minimum atomic E-state index is -0.705. The number of carbonyl (C=O) groups is 2. The smallest absolute Gasteiger partial charge is 0.414 e. The first-order chi connectivity index (χ1) is 9.10. The maximum absolute atomic E-state index is 11.9. The number of carbonyl (C=O) groups excluding carboxylic acids is 2. The normalized spacial score (nSPS) is 21.9. The number of benzene rings is 1. The quantitative estimate of drug-likeness (QED) is 0.868. The number of alkyl carbamates (subject to hydrolysis) is 1. The number of hydrogen-bond donors (Lipinski definition) is 2. The third-order valence-corrected chi connectivity index (χ3v) is 3.30. The van der Waals surface area contributed by atoms with Crippen molar-refractivity contribution in [3.05, 3.63) is 35.9 Å². The molecule has 5 nitrogen and oxygen atoms in total. The van der Waals surface area contributed by atoms with Gasteiger partial charge < -0.3 is 10.1 Å². The van der Waals surface area contributed by atoms with Crippen molar-refractivity contribution in [3.8, 4) is 0 Å². The first kappa shape index (κ1) is 13.5. The van der Waals surface area contributed by atoms with E-state index in [4.69, 9.17) is 4.74 Å². The minimum absolute atomic E-state index is 0.157. The van der Waals surface area contributed by atoms with Gasteiger partial charge in [-0.1, -0.05) is 30.3 Å². The van der Waals surface area contributed by atoms with Crippen LogP contribution in [0.4, 0.5) is 4.79 Å². The van der Waals surface area contributed by atoms with Crippen LogP contribution in [-0.2, 0) is 16.1 Å². The van der Waals surface area contributed by atoms with E-state index in [1.165, 1.54) is 0 Å². The first-order valence-electron chi connectivity index (χ1n) is 6.37. The Morgan fingerprint density at radius 2 is 2.11 bits per heavy atom. The summed E-state index contributed by atoms with van der Waals surface area (Å²) in [5.74, 6) is -0.330. The lowest BCUT2D eigenvalue weighted by atomic mass is 10.00. The topological polar surface area (TPSA) is 67.4 Å². The van der Waals surface area contributed by atoms with Crippen LogP contribution in [0.3, 0.4) is 0 Å². The molecule has 1 aliphatic rings. The van der Waals surface area contributed by atoms with Crippen molar-refractivity contribution < 1.29 is 14.3 Å². The second kappa shape index (κ2) is 5.84. The van der Waals surface area contributed by atoms with E-state index in [2.05, 4.69) is 10.6 Å². The molecule has 0 aliphatic carbocycles. The van der Waals surface area contributed by atoms with Crippen LogP contribution in [0.5, 0.6) is 0 Å². The van der Waals surface area contributed by atoms with Crippen molar-refractivity contribution >= 4 is 12.0 Å². The Bertz CT molecular complexity index is 453. The molecule has 1 heterocycles. The first-order valence-corrected chi connectivity index (χ1v) is 6.37. The van der Waals surface area contributed by atoms with Crippen molar-refractivity contribution in [1.82, 2.24) is 10.6 Å². The zero-order chi connectivity index (χ0) is 13.7. The van der Waals surface area contributed by atoms with Crippen LogP contribution in [0.1, 0.15) is 25.3 Å². The van der Waals surface area contributed by atoms with Crippen molar-refractivity contribution in [2.75, 3.05) is 6.54 Å². The maximum Gasteiger partial charge on any atom is 0.414 e. The van der Waals surface area contributed by atoms with Crippen molar-refractivity contribution in [2.45, 2.75) is 31.9 Å². The van der Waals surface area contributed by atoms with Gasteiger partial charge in [-0.3, -0.25) is 10.1 Å². The Morgan fingerprint density at radius 3 is 2.74 bits per heavy atom. The summed E-state index contributed by atoms with van der Waals surface area (Å²) in [4.78, 5) is 23.5. The van der Waals surface area contributed by atoms with Gasteiger partial charge in [0.2, 0.25) is 5.91 Å². The molecule has 1 fully saturated rings. The Balaban J connectivity index is 1.80. The second-order valence-electron chi connectivity index (χ2n) is 4.88. The largest absolute Gasteiger partial charge is 0.444 e. The molecule has 0 bridgehead atoms. The number of nitrogens with one attached hydrogen (secondary N) is 2. The second-order valence-corrected chi connectivity index (χ2v) is 4.88. The molecule has 2 rings (SSSR count). The summed E-state index contributed by atoms with van der Waals surface area (Å²) >= 11 is 0. The van der Waals surface area contributed by atoms with E-state index >= 15 is 0 Å². The predicted molar refractivity (Wildman–Crippen MR) is 70.4 cm³/mol. The number of hydrogen-bond acceptors (Lipinski definition) is 4. The van der Waals surface area contributed by atoms with E-state index in [1.54, 1.807) is 6.92 Å². The van der Waals surface area contributed by atoms with Gasteiger partial charge in [-0.2, -0.15) is 0 Å². The van der Waals surface area contributed by atoms with E-state index in [0.717, 1.165) is 24.9 Å². The molecule has 102 valence electrons. The van der Waals surface area contributed by atoms with Crippen LogP contribution < -0.4 is 10.6 Å². The Hall–Kier alpha value is -1.88. The summed E-state index contributed by atoms with van der Waals surface area (Å²) in [5, 5.41) is 5.36. The van der Waals surface area contributed by atoms with Gasteiger partial charge in [-0.15, -0.1) is 0 Å². The molecule has 1 aromatic carbocycles. The van der Waals surface area contributed by atoms with Crippen LogP contribution in [-0.4, -0.2) is 24.1 Å². The standard InChI is InChI=1S/C14H18N2O3/c1-14(8-5-9-15-14)12(17)16-13(18)19-10-11-6-3-2-4-7-11/h2-4,6-7,15H,5,8-10H2,1H3,(H,16,17,18)/t14-/m0/s1. The highest BCUT2D eigenvalue weighted by Gasteiger charge is 2.36. The fourth-order valence-electron chi connectivity index (χ4n) is 2.08. The lowest BCUT2D eigenvalue weighted by Gasteiger charge is -2.22. The molecule has 0 spiro atoms. The molecule has 0 radical (unpaired) electrons. The fourth-order valence-corrected chi connectivity index (χ4v) is 2.08. The molecule has 19 heavy (non-hydrogen) atoms. The van der Waals surface area contributed by atoms with E-state index in [0.29, 0.717) is 0 Å². The van der Waals surface area contributed by atoms with E-state index in [-0.39, 0.29) is 12.5 Å². The van der Waals surface area contributed by atoms with E-state index < -0.39 is 11.6 Å². The van der Waals surface area contributed by atoms with Crippen molar-refractivity contribution in [3.63, 3.8) is 0 Å². The van der Waals surface area contributed by atoms with Crippen molar-refractivity contribution in [1.29, 1.82) is 0 Å². The molecule has 0 aromatic heterocycles. The SMILES string of the molecule is C[C@@]1(C(=O)NC(=O)OCc2ccccc2)CCCN1. The van der Waals surface area contributed by atoms with Gasteiger partial charge in [0, 0.05) is 0 Å². The molecule has 2 amide bonds. The molecule has 1 saturated heterocycles. The Morgan fingerprint density at radius 1 is 1.37 bits per heavy atom. The highest BCUT2D eigenvalue weighted by Crippen LogP contribution is 2.18. The third-order valence-electron chi connectivity index (χ3n) is 3.30. The molecule has 2 N–H and O–H groups in total. The van der Waals surface area contributed by atoms with Crippen molar-refractivity contribution in [2.24, 2.45) is 0 Å². The van der Waals surface area contributed by atoms with Gasteiger partial charge in [-0.25, -0.2) is 4.79 Å². The molecule has 0 saturated carbocycles. The Kier molecular flexibility index (Phi) is 4.16. The van der Waals surface area contributed by atoms with Gasteiger partial charge in [0.25, 0.3) is 0 Å². The van der Waals surface area contributed by atoms with E-state index in [9.17, 15) is 9.59 Å². The summed E-state index contributed by atoms with van der Waals surface area (Å²) in [6.45, 7) is 2.74. The molecular weight excluding hydrogens is 244 g/mol. The molecule has 1 aromatic rings. The summed E-state index contributed by atoms with van der Waals surface area (Å²) < 4.78 is 5.00. The molecule has 5 heteroatoms. The number of ether oxygens (including phenoxy) is 1. The average Bonchev–Trinajstić information content (AvgIpc) is 2.86. The molecule has 1 aliphatic heterocycles. The molecule has 0 unspecified atom stereocenters. The highest BCUT2D eigenvalue weighted by atomic mass is 16.5. The van der Waals surface area contributed by atoms with Gasteiger partial charge in [0.15, 0.2) is 0 Å². The monoisotopic (exact) mass is 262 g/mol. The van der Waals surface area contributed by atoms with E-state index in [1.807, 2.05) is 30.3 Å². The number of amides is 2. The summed E-state index contributed by atoms with van der Waals surface area (Å²) in [5.41, 5.74) is 0.224. The molecular formula is C14H18N2O3. The van der Waals surface area contributed by atoms with Gasteiger partial charge in [-0.05, 0) is 31.9 Å². The van der Waals surface area contributed by atoms with Crippen LogP contribution in [0.15, 0.2) is 30.3 Å². The maximum atomic E-state index is 11.9. The summed E-state index contributed by atoms with van der Waals surface area (Å²) in [7, 11) is 0. The van der Waals surface area contributed by atoms with Crippen LogP contribution >= 0.6 is 0 Å². The van der Waals surface area contributed by atoms with Gasteiger partial charge in [0.05, 0.1) is 5.54 Å². The third kappa shape index (κ3) is 3.54. The fraction of sp³-hybridized carbons (Fsp3) is 0.429. The van der Waals surface area contributed by atoms with Gasteiger partial charge in [0.1, 0.15) is 6.61 Å². The van der Waals surface area contributed by atoms with Gasteiger partial charge >= 0.3 is 6.09 Å². The highest BCUT2D eigenvalue weighted by molar-refractivity contribution is 5.97. The molecule has 1 atom stereocenters. The van der Waals surface area contributed by atoms with Crippen LogP contribution in [0, 0.1) is 0 Å². The zero-order valence-corrected chi connectivity index (χ0v) is 10.9. The number of rotatable bonds is 3. The van der Waals surface area contributed by atoms with Crippen LogP contribution in [0.25, 0.3) is 0 Å². The summed E-state index contributed by atoms with van der Waals surface area (Å²) in [6, 6.07) is 9.33. The average molecular weight is 262 g/mol. The predicted octanol–water partition coefficient (Wildman–Crippen LogP) is 1.58. The summed E-state index contributed by atoms with van der Waals surface area (Å²) in [6.07, 6.45) is 0.956. The van der Waals surface area contributed by atoms with Crippen LogP contribution in [0.2, 0.25) is 0 Å².